The maximum absolute atomic E-state index is 13.8. The molecule has 5 N–H and O–H groups in total. The van der Waals surface area contributed by atoms with E-state index in [1.807, 2.05) is 31.2 Å². The van der Waals surface area contributed by atoms with Crippen LogP contribution in [0, 0.1) is 5.82 Å². The average molecular weight is 493 g/mol. The van der Waals surface area contributed by atoms with Crippen molar-refractivity contribution >= 4 is 28.7 Å². The van der Waals surface area contributed by atoms with Gasteiger partial charge < -0.3 is 26.4 Å². The van der Waals surface area contributed by atoms with Crippen LogP contribution in [0.4, 0.5) is 21.0 Å². The van der Waals surface area contributed by atoms with E-state index in [9.17, 15) is 14.3 Å². The van der Waals surface area contributed by atoms with Crippen molar-refractivity contribution in [1.82, 2.24) is 20.6 Å². The number of fused-ring (bicyclic) bond motifs is 1. The van der Waals surface area contributed by atoms with Crippen molar-refractivity contribution in [2.24, 2.45) is 0 Å². The molecule has 36 heavy (non-hydrogen) atoms. The summed E-state index contributed by atoms with van der Waals surface area (Å²) < 4.78 is 13.8. The van der Waals surface area contributed by atoms with Crippen molar-refractivity contribution in [3.8, 4) is 11.1 Å². The highest BCUT2D eigenvalue weighted by molar-refractivity contribution is 5.93. The van der Waals surface area contributed by atoms with E-state index in [1.54, 1.807) is 6.07 Å². The Balaban J connectivity index is 1.35. The number of hydrogen-bond acceptors (Lipinski definition) is 6. The third-order valence-electron chi connectivity index (χ3n) is 6.82. The SMILES string of the molecule is C[C@H](CO)Nc1nc(NC2CCC(NC(=O)NC3CC3)CC2)c2cc(-c3cccc(F)c3)ccc2n1. The van der Waals surface area contributed by atoms with E-state index >= 15 is 0 Å². The number of aliphatic hydroxyl groups is 1. The van der Waals surface area contributed by atoms with Gasteiger partial charge in [-0.15, -0.1) is 0 Å². The molecule has 9 heteroatoms. The standard InChI is InChI=1S/C27H33FN6O2/c1-16(15-35)29-26-33-24-12-5-18(17-3-2-4-19(28)13-17)14-23(24)25(34-26)30-20-6-8-21(9-7-20)31-27(36)32-22-10-11-22/h2-5,12-14,16,20-22,35H,6-11,15H2,1H3,(H2,31,32,36)(H2,29,30,33,34)/t16-,20?,21?/m1/s1. The van der Waals surface area contributed by atoms with Gasteiger partial charge in [-0.1, -0.05) is 18.2 Å². The van der Waals surface area contributed by atoms with Gasteiger partial charge >= 0.3 is 6.03 Å². The fourth-order valence-corrected chi connectivity index (χ4v) is 4.63. The lowest BCUT2D eigenvalue weighted by Gasteiger charge is -2.30. The van der Waals surface area contributed by atoms with E-state index in [1.165, 1.54) is 12.1 Å². The number of carbonyl (C=O) groups excluding carboxylic acids is 1. The fourth-order valence-electron chi connectivity index (χ4n) is 4.63. The van der Waals surface area contributed by atoms with Crippen molar-refractivity contribution in [2.45, 2.75) is 69.6 Å². The number of rotatable bonds is 8. The fraction of sp³-hybridized carbons (Fsp3) is 0.444. The zero-order chi connectivity index (χ0) is 25.1. The van der Waals surface area contributed by atoms with Gasteiger partial charge in [-0.3, -0.25) is 0 Å². The molecule has 0 saturated heterocycles. The first-order chi connectivity index (χ1) is 17.5. The number of anilines is 2. The molecular formula is C27H33FN6O2. The number of hydrogen-bond donors (Lipinski definition) is 5. The topological polar surface area (TPSA) is 111 Å². The van der Waals surface area contributed by atoms with Crippen molar-refractivity contribution in [3.63, 3.8) is 0 Å². The van der Waals surface area contributed by atoms with Gasteiger partial charge in [0.1, 0.15) is 11.6 Å². The summed E-state index contributed by atoms with van der Waals surface area (Å²) in [4.78, 5) is 21.5. The maximum atomic E-state index is 13.8. The molecule has 2 amide bonds. The highest BCUT2D eigenvalue weighted by Crippen LogP contribution is 2.31. The lowest BCUT2D eigenvalue weighted by atomic mass is 9.91. The molecule has 8 nitrogen and oxygen atoms in total. The van der Waals surface area contributed by atoms with Gasteiger partial charge in [-0.25, -0.2) is 14.2 Å². The van der Waals surface area contributed by atoms with Crippen LogP contribution in [-0.2, 0) is 0 Å². The van der Waals surface area contributed by atoms with Gasteiger partial charge in [0.2, 0.25) is 5.95 Å². The number of halogens is 1. The summed E-state index contributed by atoms with van der Waals surface area (Å²) in [6, 6.07) is 12.8. The zero-order valence-electron chi connectivity index (χ0n) is 20.4. The van der Waals surface area contributed by atoms with Crippen LogP contribution in [-0.4, -0.2) is 51.9 Å². The first-order valence-corrected chi connectivity index (χ1v) is 12.8. The number of benzene rings is 2. The molecule has 0 bridgehead atoms. The Morgan fingerprint density at radius 1 is 0.972 bits per heavy atom. The summed E-state index contributed by atoms with van der Waals surface area (Å²) in [5, 5.41) is 23.2. The molecule has 0 unspecified atom stereocenters. The summed E-state index contributed by atoms with van der Waals surface area (Å²) in [5.74, 6) is 0.863. The second-order valence-corrected chi connectivity index (χ2v) is 9.95. The number of nitrogens with zero attached hydrogens (tertiary/aromatic N) is 2. The summed E-state index contributed by atoms with van der Waals surface area (Å²) in [6.07, 6.45) is 5.73. The van der Waals surface area contributed by atoms with Crippen molar-refractivity contribution in [3.05, 3.63) is 48.3 Å². The molecule has 0 spiro atoms. The van der Waals surface area contributed by atoms with Gasteiger partial charge in [0.25, 0.3) is 0 Å². The van der Waals surface area contributed by atoms with E-state index < -0.39 is 0 Å². The normalized spacial score (nSPS) is 20.5. The number of carbonyl (C=O) groups is 1. The minimum Gasteiger partial charge on any atom is -0.394 e. The molecule has 5 rings (SSSR count). The van der Waals surface area contributed by atoms with E-state index in [2.05, 4.69) is 26.3 Å². The quantitative estimate of drug-likeness (QED) is 0.319. The Bertz CT molecular complexity index is 1230. The smallest absolute Gasteiger partial charge is 0.315 e. The lowest BCUT2D eigenvalue weighted by molar-refractivity contribution is 0.231. The Hall–Kier alpha value is -3.46. The van der Waals surface area contributed by atoms with Gasteiger partial charge in [-0.05, 0) is 80.8 Å². The molecule has 2 fully saturated rings. The van der Waals surface area contributed by atoms with Crippen LogP contribution < -0.4 is 21.3 Å². The van der Waals surface area contributed by atoms with Crippen LogP contribution in [0.3, 0.4) is 0 Å². The number of amides is 2. The third kappa shape index (κ3) is 6.02. The van der Waals surface area contributed by atoms with Gasteiger partial charge in [-0.2, -0.15) is 4.98 Å². The first kappa shape index (κ1) is 24.2. The van der Waals surface area contributed by atoms with Crippen LogP contribution in [0.1, 0.15) is 45.4 Å². The van der Waals surface area contributed by atoms with E-state index in [-0.39, 0.29) is 36.6 Å². The Morgan fingerprint density at radius 3 is 2.31 bits per heavy atom. The third-order valence-corrected chi connectivity index (χ3v) is 6.82. The lowest BCUT2D eigenvalue weighted by Crippen LogP contribution is -2.45. The summed E-state index contributed by atoms with van der Waals surface area (Å²) in [6.45, 7) is 1.83. The minimum atomic E-state index is -0.282. The second-order valence-electron chi connectivity index (χ2n) is 9.95. The predicted octanol–water partition coefficient (Wildman–Crippen LogP) is 4.41. The van der Waals surface area contributed by atoms with Crippen molar-refractivity contribution in [1.29, 1.82) is 0 Å². The van der Waals surface area contributed by atoms with E-state index in [0.29, 0.717) is 17.8 Å². The molecule has 1 aromatic heterocycles. The van der Waals surface area contributed by atoms with Crippen LogP contribution in [0.15, 0.2) is 42.5 Å². The van der Waals surface area contributed by atoms with Crippen LogP contribution in [0.25, 0.3) is 22.0 Å². The van der Waals surface area contributed by atoms with E-state index in [4.69, 9.17) is 4.98 Å². The molecule has 2 saturated carbocycles. The van der Waals surface area contributed by atoms with Crippen LogP contribution >= 0.6 is 0 Å². The molecule has 0 aliphatic heterocycles. The minimum absolute atomic E-state index is 0.0337. The molecule has 2 aliphatic carbocycles. The molecule has 1 heterocycles. The molecular weight excluding hydrogens is 459 g/mol. The van der Waals surface area contributed by atoms with Gasteiger partial charge in [0.05, 0.1) is 12.1 Å². The maximum Gasteiger partial charge on any atom is 0.315 e. The molecule has 190 valence electrons. The molecule has 2 aliphatic rings. The Morgan fingerprint density at radius 2 is 1.64 bits per heavy atom. The summed E-state index contributed by atoms with van der Waals surface area (Å²) in [7, 11) is 0. The molecule has 2 aromatic carbocycles. The Kier molecular flexibility index (Phi) is 7.18. The second kappa shape index (κ2) is 10.7. The summed E-state index contributed by atoms with van der Waals surface area (Å²) >= 11 is 0. The van der Waals surface area contributed by atoms with Gasteiger partial charge in [0.15, 0.2) is 0 Å². The average Bonchev–Trinajstić information content (AvgIpc) is 3.69. The number of urea groups is 1. The van der Waals surface area contributed by atoms with Crippen LogP contribution in [0.2, 0.25) is 0 Å². The number of aromatic nitrogens is 2. The van der Waals surface area contributed by atoms with E-state index in [0.717, 1.165) is 60.6 Å². The molecule has 1 atom stereocenters. The predicted molar refractivity (Wildman–Crippen MR) is 139 cm³/mol. The largest absolute Gasteiger partial charge is 0.394 e. The number of aliphatic hydroxyl groups excluding tert-OH is 1. The number of nitrogens with one attached hydrogen (secondary N) is 4. The first-order valence-electron chi connectivity index (χ1n) is 12.8. The van der Waals surface area contributed by atoms with Crippen molar-refractivity contribution < 1.29 is 14.3 Å². The monoisotopic (exact) mass is 492 g/mol. The highest BCUT2D eigenvalue weighted by Gasteiger charge is 2.27. The van der Waals surface area contributed by atoms with Crippen molar-refractivity contribution in [2.75, 3.05) is 17.2 Å². The van der Waals surface area contributed by atoms with Gasteiger partial charge in [0, 0.05) is 29.6 Å². The molecule has 3 aromatic rings. The van der Waals surface area contributed by atoms with Crippen LogP contribution in [0.5, 0.6) is 0 Å². The zero-order valence-corrected chi connectivity index (χ0v) is 20.4. The molecule has 0 radical (unpaired) electrons. The Labute approximate surface area is 210 Å². The highest BCUT2D eigenvalue weighted by atomic mass is 19.1. The summed E-state index contributed by atoms with van der Waals surface area (Å²) in [5.41, 5.74) is 2.43.